The highest BCUT2D eigenvalue weighted by Crippen LogP contribution is 2.37. The van der Waals surface area contributed by atoms with Crippen LogP contribution < -0.4 is 15.8 Å². The van der Waals surface area contributed by atoms with Crippen LogP contribution >= 0.6 is 11.8 Å². The van der Waals surface area contributed by atoms with Gasteiger partial charge in [0.1, 0.15) is 11.5 Å². The second kappa shape index (κ2) is 8.68. The van der Waals surface area contributed by atoms with Crippen molar-refractivity contribution < 1.29 is 22.7 Å². The van der Waals surface area contributed by atoms with E-state index in [1.165, 1.54) is 30.0 Å². The molecule has 7 nitrogen and oxygen atoms in total. The highest BCUT2D eigenvalue weighted by Gasteiger charge is 2.32. The molecule has 1 aromatic heterocycles. The lowest BCUT2D eigenvalue weighted by Crippen LogP contribution is -2.29. The molecule has 0 aliphatic carbocycles. The Hall–Kier alpha value is -2.82. The van der Waals surface area contributed by atoms with Gasteiger partial charge in [0.25, 0.3) is 12.3 Å². The highest BCUT2D eigenvalue weighted by molar-refractivity contribution is 8.13. The Bertz CT molecular complexity index is 926. The molecule has 0 saturated carbocycles. The van der Waals surface area contributed by atoms with Crippen LogP contribution in [-0.2, 0) is 5.54 Å². The van der Waals surface area contributed by atoms with E-state index in [0.29, 0.717) is 28.6 Å². The van der Waals surface area contributed by atoms with Gasteiger partial charge in [0.05, 0.1) is 17.9 Å². The van der Waals surface area contributed by atoms with Crippen molar-refractivity contribution in [3.8, 4) is 5.88 Å². The fourth-order valence-electron chi connectivity index (χ4n) is 2.75. The predicted octanol–water partition coefficient (Wildman–Crippen LogP) is 3.18. The van der Waals surface area contributed by atoms with Gasteiger partial charge >= 0.3 is 0 Å². The minimum atomic E-state index is -2.64. The van der Waals surface area contributed by atoms with Gasteiger partial charge in [0.15, 0.2) is 11.8 Å². The van der Waals surface area contributed by atoms with Crippen LogP contribution in [0.3, 0.4) is 0 Å². The van der Waals surface area contributed by atoms with Crippen molar-refractivity contribution in [2.45, 2.75) is 25.3 Å². The largest absolute Gasteiger partial charge is 0.470 e. The first-order valence-electron chi connectivity index (χ1n) is 8.59. The van der Waals surface area contributed by atoms with Gasteiger partial charge in [-0.15, -0.1) is 0 Å². The summed E-state index contributed by atoms with van der Waals surface area (Å²) in [6, 6.07) is 4.17. The molecule has 1 aliphatic heterocycles. The Morgan fingerprint density at radius 3 is 2.83 bits per heavy atom. The molecule has 1 aliphatic rings. The van der Waals surface area contributed by atoms with Gasteiger partial charge in [-0.2, -0.15) is 0 Å². The summed E-state index contributed by atoms with van der Waals surface area (Å²) in [5.41, 5.74) is 5.58. The van der Waals surface area contributed by atoms with E-state index < -0.39 is 30.3 Å². The van der Waals surface area contributed by atoms with Gasteiger partial charge in [-0.25, -0.2) is 23.1 Å². The molecule has 1 atom stereocenters. The fourth-order valence-corrected chi connectivity index (χ4v) is 3.72. The molecular weight excluding hydrogens is 407 g/mol. The highest BCUT2D eigenvalue weighted by atomic mass is 32.2. The lowest BCUT2D eigenvalue weighted by atomic mass is 9.89. The summed E-state index contributed by atoms with van der Waals surface area (Å²) in [6.07, 6.45) is 0.131. The van der Waals surface area contributed by atoms with Crippen LogP contribution in [0.15, 0.2) is 35.6 Å². The molecule has 1 aromatic carbocycles. The van der Waals surface area contributed by atoms with Crippen molar-refractivity contribution in [2.75, 3.05) is 17.7 Å². The zero-order valence-electron chi connectivity index (χ0n) is 15.4. The third-order valence-electron chi connectivity index (χ3n) is 4.22. The van der Waals surface area contributed by atoms with E-state index in [4.69, 9.17) is 10.5 Å². The molecule has 29 heavy (non-hydrogen) atoms. The molecule has 2 heterocycles. The van der Waals surface area contributed by atoms with Crippen LogP contribution in [0.1, 0.15) is 29.4 Å². The number of nitrogens with two attached hydrogens (primary N) is 1. The molecule has 0 radical (unpaired) electrons. The minimum absolute atomic E-state index is 0.0529. The summed E-state index contributed by atoms with van der Waals surface area (Å²) in [5, 5.41) is 3.00. The van der Waals surface area contributed by atoms with E-state index in [9.17, 15) is 18.0 Å². The third kappa shape index (κ3) is 5.17. The zero-order valence-corrected chi connectivity index (χ0v) is 16.2. The summed E-state index contributed by atoms with van der Waals surface area (Å²) in [6.45, 7) is 0.968. The van der Waals surface area contributed by atoms with Gasteiger partial charge in [-0.3, -0.25) is 9.79 Å². The standard InChI is InChI=1S/C18H18F3N5O2S/c1-18(4-5-29-17(22)26-18)11-6-10(2-3-12(11)19)25-16(27)13-7-24-15(8-23-13)28-9-14(20)21/h2-3,6-8,14H,4-5,9H2,1H3,(H2,22,26)(H,25,27)/t18-/m0/s1. The maximum Gasteiger partial charge on any atom is 0.275 e. The number of benzene rings is 1. The number of rotatable bonds is 6. The molecule has 2 aromatic rings. The topological polar surface area (TPSA) is 102 Å². The number of aromatic nitrogens is 2. The number of hydrogen-bond acceptors (Lipinski definition) is 7. The molecule has 0 fully saturated rings. The van der Waals surface area contributed by atoms with Crippen molar-refractivity contribution in [1.82, 2.24) is 9.97 Å². The average Bonchev–Trinajstić information content (AvgIpc) is 2.68. The van der Waals surface area contributed by atoms with E-state index in [2.05, 4.69) is 20.3 Å². The normalized spacial score (nSPS) is 19.0. The summed E-state index contributed by atoms with van der Waals surface area (Å²) in [5.74, 6) is -0.459. The van der Waals surface area contributed by atoms with E-state index in [0.717, 1.165) is 12.4 Å². The molecule has 3 rings (SSSR count). The van der Waals surface area contributed by atoms with Crippen molar-refractivity contribution in [3.05, 3.63) is 47.7 Å². The Balaban J connectivity index is 1.75. The van der Waals surface area contributed by atoms with Crippen molar-refractivity contribution >= 4 is 28.5 Å². The maximum atomic E-state index is 14.4. The number of anilines is 1. The third-order valence-corrected chi connectivity index (χ3v) is 5.01. The Morgan fingerprint density at radius 2 is 2.17 bits per heavy atom. The van der Waals surface area contributed by atoms with E-state index >= 15 is 0 Å². The number of hydrogen-bond donors (Lipinski definition) is 2. The lowest BCUT2D eigenvalue weighted by molar-refractivity contribution is 0.0792. The molecule has 154 valence electrons. The van der Waals surface area contributed by atoms with Crippen LogP contribution in [0.25, 0.3) is 0 Å². The molecule has 0 saturated heterocycles. The van der Waals surface area contributed by atoms with Gasteiger partial charge in [-0.05, 0) is 31.5 Å². The van der Waals surface area contributed by atoms with Crippen LogP contribution in [0.2, 0.25) is 0 Å². The van der Waals surface area contributed by atoms with Crippen LogP contribution in [0.4, 0.5) is 18.9 Å². The Morgan fingerprint density at radius 1 is 1.38 bits per heavy atom. The second-order valence-electron chi connectivity index (χ2n) is 6.41. The van der Waals surface area contributed by atoms with E-state index in [1.807, 2.05) is 0 Å². The maximum absolute atomic E-state index is 14.4. The number of ether oxygens (including phenoxy) is 1. The number of alkyl halides is 2. The summed E-state index contributed by atoms with van der Waals surface area (Å²) in [7, 11) is 0. The summed E-state index contributed by atoms with van der Waals surface area (Å²) in [4.78, 5) is 24.4. The first kappa shape index (κ1) is 20.9. The van der Waals surface area contributed by atoms with Gasteiger partial charge in [-0.1, -0.05) is 11.8 Å². The Kier molecular flexibility index (Phi) is 6.26. The van der Waals surface area contributed by atoms with Crippen molar-refractivity contribution in [1.29, 1.82) is 0 Å². The first-order valence-corrected chi connectivity index (χ1v) is 9.58. The molecular formula is C18H18F3N5O2S. The molecule has 3 N–H and O–H groups in total. The lowest BCUT2D eigenvalue weighted by Gasteiger charge is -2.30. The van der Waals surface area contributed by atoms with Crippen molar-refractivity contribution in [2.24, 2.45) is 10.7 Å². The van der Waals surface area contributed by atoms with E-state index in [1.54, 1.807) is 6.92 Å². The number of amides is 1. The van der Waals surface area contributed by atoms with Crippen LogP contribution in [0.5, 0.6) is 5.88 Å². The number of thioether (sulfide) groups is 1. The van der Waals surface area contributed by atoms with Crippen LogP contribution in [-0.4, -0.2) is 39.8 Å². The minimum Gasteiger partial charge on any atom is -0.470 e. The SMILES string of the molecule is C[C@@]1(c2cc(NC(=O)c3cnc(OCC(F)F)cn3)ccc2F)CCSC(N)=N1. The monoisotopic (exact) mass is 425 g/mol. The zero-order chi connectivity index (χ0) is 21.0. The van der Waals surface area contributed by atoms with Gasteiger partial charge in [0.2, 0.25) is 5.88 Å². The number of aliphatic imine (C=N–C) groups is 1. The molecule has 0 bridgehead atoms. The van der Waals surface area contributed by atoms with E-state index in [-0.39, 0.29) is 11.6 Å². The summed E-state index contributed by atoms with van der Waals surface area (Å²) >= 11 is 1.41. The fraction of sp³-hybridized carbons (Fsp3) is 0.333. The quantitative estimate of drug-likeness (QED) is 0.737. The average molecular weight is 425 g/mol. The second-order valence-corrected chi connectivity index (χ2v) is 7.53. The molecule has 0 unspecified atom stereocenters. The Labute approximate surface area is 169 Å². The number of carbonyl (C=O) groups is 1. The van der Waals surface area contributed by atoms with Crippen molar-refractivity contribution in [3.63, 3.8) is 0 Å². The predicted molar refractivity (Wildman–Crippen MR) is 104 cm³/mol. The summed E-state index contributed by atoms with van der Waals surface area (Å²) < 4.78 is 43.4. The number of halogens is 3. The van der Waals surface area contributed by atoms with Gasteiger partial charge < -0.3 is 15.8 Å². The molecule has 1 amide bonds. The molecule has 11 heteroatoms. The number of carbonyl (C=O) groups excluding carboxylic acids is 1. The first-order chi connectivity index (χ1) is 13.8. The number of nitrogens with one attached hydrogen (secondary N) is 1. The molecule has 0 spiro atoms. The number of nitrogens with zero attached hydrogens (tertiary/aromatic N) is 3. The smallest absolute Gasteiger partial charge is 0.275 e. The number of amidine groups is 1. The van der Waals surface area contributed by atoms with Gasteiger partial charge in [0, 0.05) is 17.0 Å². The van der Waals surface area contributed by atoms with Crippen LogP contribution in [0, 0.1) is 5.82 Å².